The number of furan rings is 1. The highest BCUT2D eigenvalue weighted by Crippen LogP contribution is 2.47. The molecule has 0 N–H and O–H groups in total. The summed E-state index contributed by atoms with van der Waals surface area (Å²) in [5.74, 6) is 0. The molecule has 0 saturated carbocycles. The van der Waals surface area contributed by atoms with Crippen LogP contribution in [0.25, 0.3) is 98.4 Å². The zero-order valence-electron chi connectivity index (χ0n) is 40.3. The summed E-state index contributed by atoms with van der Waals surface area (Å²) < 4.78 is 146. The molecule has 47 heavy (non-hydrogen) atoms. The molecule has 0 spiro atoms. The Balaban J connectivity index is 1.27. The van der Waals surface area contributed by atoms with Crippen LogP contribution in [-0.4, -0.2) is 0 Å². The monoisotopic (exact) mass is 612 g/mol. The Bertz CT molecular complexity index is 3690. The number of hydrogen-bond donors (Lipinski definition) is 0. The van der Waals surface area contributed by atoms with Crippen molar-refractivity contribution in [2.75, 3.05) is 0 Å². The summed E-state index contributed by atoms with van der Waals surface area (Å²) in [6.07, 6.45) is 0. The van der Waals surface area contributed by atoms with Crippen molar-refractivity contribution in [1.82, 2.24) is 0 Å². The van der Waals surface area contributed by atoms with Crippen LogP contribution in [0.5, 0.6) is 0 Å². The molecule has 0 radical (unpaired) electrons. The van der Waals surface area contributed by atoms with Gasteiger partial charge in [-0.15, -0.1) is 0 Å². The van der Waals surface area contributed by atoms with Gasteiger partial charge in [0.25, 0.3) is 0 Å². The van der Waals surface area contributed by atoms with Crippen molar-refractivity contribution in [3.05, 3.63) is 169 Å². The van der Waals surface area contributed by atoms with Gasteiger partial charge in [0.05, 0.1) is 21.9 Å². The van der Waals surface area contributed by atoms with Gasteiger partial charge in [0, 0.05) is 10.8 Å². The maximum atomic E-state index is 9.45. The van der Waals surface area contributed by atoms with E-state index in [0.29, 0.717) is 38.2 Å². The van der Waals surface area contributed by atoms with E-state index in [0.717, 1.165) is 5.56 Å². The fraction of sp³-hybridized carbons (Fsp3) is 0. The number of hydrogen-bond acceptors (Lipinski definition) is 1. The molecule has 9 aromatic carbocycles. The maximum Gasteiger partial charge on any atom is 0.136 e. The van der Waals surface area contributed by atoms with E-state index in [4.69, 9.17) is 23.6 Å². The third-order valence-electron chi connectivity index (χ3n) is 8.59. The molecule has 0 fully saturated rings. The zero-order chi connectivity index (χ0) is 44.8. The minimum absolute atomic E-state index is 0.0278. The van der Waals surface area contributed by atoms with Crippen molar-refractivity contribution < 1.29 is 26.3 Å². The third-order valence-corrected chi connectivity index (χ3v) is 8.59. The molecule has 0 aliphatic heterocycles. The lowest BCUT2D eigenvalue weighted by Crippen LogP contribution is -1.91. The molecule has 0 bridgehead atoms. The van der Waals surface area contributed by atoms with Gasteiger partial charge in [0.2, 0.25) is 0 Å². The number of rotatable bonds is 3. The summed E-state index contributed by atoms with van der Waals surface area (Å²) in [5, 5.41) is 1.91. The largest absolute Gasteiger partial charge is 0.456 e. The van der Waals surface area contributed by atoms with Crippen molar-refractivity contribution in [3.8, 4) is 33.4 Å². The highest BCUT2D eigenvalue weighted by atomic mass is 16.3. The second-order valence-corrected chi connectivity index (χ2v) is 11.2. The molecule has 0 aliphatic rings. The number of fused-ring (bicyclic) bond motifs is 7. The van der Waals surface area contributed by atoms with E-state index in [1.54, 1.807) is 24.3 Å². The molecular weight excluding hydrogens is 569 g/mol. The molecule has 0 amide bonds. The van der Waals surface area contributed by atoms with Crippen LogP contribution < -0.4 is 0 Å². The van der Waals surface area contributed by atoms with Crippen LogP contribution in [0.1, 0.15) is 21.9 Å². The third kappa shape index (κ3) is 4.03. The van der Waals surface area contributed by atoms with Crippen molar-refractivity contribution in [2.24, 2.45) is 0 Å². The SMILES string of the molecule is [2H]c1c([2H])c(-c2c3ccccc3c(-c3ccc(-c4c([2H])c([2H])c5c([2H])c([2H])c([2H])c([2H])c5c4[2H])cc3)c3ccccc23)c2c(oc3c([2H])c4c([2H])c([2H])c([2H])c([2H])c4c([2H])c32)c1[2H]. The van der Waals surface area contributed by atoms with Crippen LogP contribution in [-0.2, 0) is 0 Å². The molecule has 1 aromatic heterocycles. The van der Waals surface area contributed by atoms with E-state index < -0.39 is 72.5 Å². The molecule has 0 unspecified atom stereocenters. The van der Waals surface area contributed by atoms with Gasteiger partial charge >= 0.3 is 0 Å². The van der Waals surface area contributed by atoms with E-state index in [1.165, 1.54) is 0 Å². The first-order valence-corrected chi connectivity index (χ1v) is 14.9. The molecule has 0 atom stereocenters. The molecule has 0 aliphatic carbocycles. The van der Waals surface area contributed by atoms with Gasteiger partial charge in [-0.3, -0.25) is 0 Å². The van der Waals surface area contributed by atoms with Crippen LogP contribution in [0.4, 0.5) is 0 Å². The van der Waals surface area contributed by atoms with E-state index in [-0.39, 0.29) is 78.8 Å². The summed E-state index contributed by atoms with van der Waals surface area (Å²) in [6.45, 7) is 0. The Morgan fingerprint density at radius 1 is 0.383 bits per heavy atom. The van der Waals surface area contributed by atoms with Crippen LogP contribution in [0, 0.1) is 0 Å². The van der Waals surface area contributed by atoms with Crippen molar-refractivity contribution in [1.29, 1.82) is 0 Å². The minimum Gasteiger partial charge on any atom is -0.456 e. The summed E-state index contributed by atoms with van der Waals surface area (Å²) in [7, 11) is 0. The first-order valence-electron chi connectivity index (χ1n) is 22.9. The van der Waals surface area contributed by atoms with Crippen molar-refractivity contribution in [2.45, 2.75) is 0 Å². The first-order chi connectivity index (χ1) is 30.0. The van der Waals surface area contributed by atoms with E-state index >= 15 is 0 Å². The Morgan fingerprint density at radius 2 is 0.957 bits per heavy atom. The first kappa shape index (κ1) is 14.9. The Kier molecular flexibility index (Phi) is 3.23. The summed E-state index contributed by atoms with van der Waals surface area (Å²) in [4.78, 5) is 0. The van der Waals surface area contributed by atoms with E-state index in [9.17, 15) is 2.74 Å². The summed E-state index contributed by atoms with van der Waals surface area (Å²) in [6, 6.07) is 14.3. The Labute approximate surface area is 294 Å². The summed E-state index contributed by atoms with van der Waals surface area (Å²) in [5.41, 5.74) is 2.08. The van der Waals surface area contributed by atoms with Gasteiger partial charge in [-0.25, -0.2) is 0 Å². The molecule has 1 heterocycles. The van der Waals surface area contributed by atoms with Crippen LogP contribution in [0.3, 0.4) is 0 Å². The van der Waals surface area contributed by atoms with Crippen LogP contribution in [0.2, 0.25) is 0 Å². The quantitative estimate of drug-likeness (QED) is 0.181. The van der Waals surface area contributed by atoms with Gasteiger partial charge < -0.3 is 4.42 Å². The molecule has 218 valence electrons. The highest BCUT2D eigenvalue weighted by Gasteiger charge is 2.20. The topological polar surface area (TPSA) is 13.1 Å². The zero-order valence-corrected chi connectivity index (χ0v) is 24.3. The Hall–Kier alpha value is -6.18. The van der Waals surface area contributed by atoms with Gasteiger partial charge in [-0.1, -0.05) is 145 Å². The lowest BCUT2D eigenvalue weighted by molar-refractivity contribution is 0.669. The Morgan fingerprint density at radius 3 is 1.64 bits per heavy atom. The molecule has 10 aromatic rings. The molecule has 10 rings (SSSR count). The average molecular weight is 613 g/mol. The second kappa shape index (κ2) is 10.2. The van der Waals surface area contributed by atoms with Crippen molar-refractivity contribution >= 4 is 65.0 Å². The van der Waals surface area contributed by atoms with Gasteiger partial charge in [0.15, 0.2) is 0 Å². The van der Waals surface area contributed by atoms with Crippen molar-refractivity contribution in [3.63, 3.8) is 0 Å². The predicted octanol–water partition coefficient (Wildman–Crippen LogP) is 13.2. The van der Waals surface area contributed by atoms with Gasteiger partial charge in [-0.2, -0.15) is 0 Å². The maximum absolute atomic E-state index is 9.45. The molecule has 1 heteroatoms. The van der Waals surface area contributed by atoms with Gasteiger partial charge in [-0.05, 0) is 101 Å². The smallest absolute Gasteiger partial charge is 0.136 e. The van der Waals surface area contributed by atoms with E-state index in [1.807, 2.05) is 48.5 Å². The standard InChI is InChI=1S/C46H28O/c1-2-11-32-26-35(25-22-29(32)10-1)30-20-23-31(24-21-30)44-36-14-5-7-16-38(36)45(39-17-8-6-15-37(39)44)40-18-9-19-42-46(40)41-27-33-12-3-4-13-34(33)28-43(41)47-42/h1-28H/i1D,2D,3D,4D,9D,10D,11D,12D,13D,18D,19D,22D,25D,26D,27D,28D. The molecule has 0 saturated heterocycles. The number of benzene rings is 9. The van der Waals surface area contributed by atoms with Crippen LogP contribution in [0.15, 0.2) is 174 Å². The normalized spacial score (nSPS) is 16.6. The fourth-order valence-corrected chi connectivity index (χ4v) is 6.54. The lowest BCUT2D eigenvalue weighted by atomic mass is 9.84. The fourth-order valence-electron chi connectivity index (χ4n) is 6.54. The van der Waals surface area contributed by atoms with E-state index in [2.05, 4.69) is 0 Å². The van der Waals surface area contributed by atoms with Crippen LogP contribution >= 0.6 is 0 Å². The summed E-state index contributed by atoms with van der Waals surface area (Å²) >= 11 is 0. The molecular formula is C46H28O. The molecule has 1 nitrogen and oxygen atoms in total. The minimum atomic E-state index is -0.585. The lowest BCUT2D eigenvalue weighted by Gasteiger charge is -2.18. The average Bonchev–Trinajstić information content (AvgIpc) is 3.69. The predicted molar refractivity (Wildman–Crippen MR) is 200 cm³/mol. The highest BCUT2D eigenvalue weighted by molar-refractivity contribution is 6.26. The van der Waals surface area contributed by atoms with Gasteiger partial charge in [0.1, 0.15) is 11.2 Å². The second-order valence-electron chi connectivity index (χ2n) is 11.2.